The monoisotopic (exact) mass is 443 g/mol. The number of carbonyl (C=O) groups excluding carboxylic acids is 2. The van der Waals surface area contributed by atoms with Crippen LogP contribution in [-0.2, 0) is 22.5 Å². The van der Waals surface area contributed by atoms with Gasteiger partial charge in [-0.05, 0) is 42.6 Å². The fourth-order valence-corrected chi connectivity index (χ4v) is 7.61. The van der Waals surface area contributed by atoms with Gasteiger partial charge in [-0.1, -0.05) is 27.7 Å². The molecule has 6 atom stereocenters. The van der Waals surface area contributed by atoms with Crippen molar-refractivity contribution in [2.45, 2.75) is 84.7 Å². The summed E-state index contributed by atoms with van der Waals surface area (Å²) >= 11 is 0. The summed E-state index contributed by atoms with van der Waals surface area (Å²) in [6.07, 6.45) is 1.50. The number of benzene rings is 1. The number of aromatic hydroxyl groups is 1. The number of amides is 1. The Morgan fingerprint density at radius 2 is 1.97 bits per heavy atom. The molecule has 2 aliphatic carbocycles. The van der Waals surface area contributed by atoms with Crippen LogP contribution in [-0.4, -0.2) is 39.9 Å². The smallest absolute Gasteiger partial charge is 0.302 e. The van der Waals surface area contributed by atoms with Gasteiger partial charge in [0.1, 0.15) is 23.2 Å². The lowest BCUT2D eigenvalue weighted by molar-refractivity contribution is -0.245. The first-order valence-electron chi connectivity index (χ1n) is 11.6. The van der Waals surface area contributed by atoms with Gasteiger partial charge in [0.25, 0.3) is 5.91 Å². The average molecular weight is 444 g/mol. The highest BCUT2D eigenvalue weighted by molar-refractivity contribution is 6.00. The zero-order valence-corrected chi connectivity index (χ0v) is 19.4. The first-order chi connectivity index (χ1) is 14.9. The quantitative estimate of drug-likeness (QED) is 0.576. The van der Waals surface area contributed by atoms with Crippen molar-refractivity contribution in [2.75, 3.05) is 0 Å². The molecular weight excluding hydrogens is 410 g/mol. The predicted octanol–water partition coefficient (Wildman–Crippen LogP) is 3.08. The molecule has 2 fully saturated rings. The SMILES string of the molecule is CC(=O)O[C@H]1C[C@@]2(C)[C@@H](CC[C@@H](C)[C@]23Cc2c(O)cc4c(c2O3)CNC4=O)C(C)(C)[C@@H]1O. The third-order valence-corrected chi connectivity index (χ3v) is 9.23. The summed E-state index contributed by atoms with van der Waals surface area (Å²) in [5.41, 5.74) is 0.500. The number of hydrogen-bond acceptors (Lipinski definition) is 6. The molecule has 0 aromatic heterocycles. The van der Waals surface area contributed by atoms with Crippen molar-refractivity contribution in [3.8, 4) is 11.5 Å². The molecule has 7 heteroatoms. The van der Waals surface area contributed by atoms with Crippen LogP contribution in [0, 0.1) is 22.7 Å². The third kappa shape index (κ3) is 2.57. The zero-order chi connectivity index (χ0) is 23.2. The highest BCUT2D eigenvalue weighted by Gasteiger charge is 2.69. The number of nitrogens with one attached hydrogen (secondary N) is 1. The second-order valence-corrected chi connectivity index (χ2v) is 11.1. The van der Waals surface area contributed by atoms with Gasteiger partial charge >= 0.3 is 5.97 Å². The van der Waals surface area contributed by atoms with Crippen molar-refractivity contribution in [2.24, 2.45) is 22.7 Å². The van der Waals surface area contributed by atoms with Crippen molar-refractivity contribution in [1.29, 1.82) is 0 Å². The molecule has 2 saturated carbocycles. The lowest BCUT2D eigenvalue weighted by Crippen LogP contribution is -2.69. The number of hydrogen-bond donors (Lipinski definition) is 3. The number of ether oxygens (including phenoxy) is 2. The molecule has 0 bridgehead atoms. The van der Waals surface area contributed by atoms with E-state index in [4.69, 9.17) is 9.47 Å². The Kier molecular flexibility index (Phi) is 4.46. The molecule has 0 unspecified atom stereocenters. The highest BCUT2D eigenvalue weighted by atomic mass is 16.6. The highest BCUT2D eigenvalue weighted by Crippen LogP contribution is 2.67. The van der Waals surface area contributed by atoms with Crippen molar-refractivity contribution in [3.05, 3.63) is 22.8 Å². The molecule has 1 aromatic rings. The molecule has 1 aromatic carbocycles. The van der Waals surface area contributed by atoms with E-state index >= 15 is 0 Å². The van der Waals surface area contributed by atoms with Gasteiger partial charge in [0.15, 0.2) is 0 Å². The van der Waals surface area contributed by atoms with E-state index in [0.29, 0.717) is 30.7 Å². The molecule has 1 amide bonds. The normalized spacial score (nSPS) is 39.0. The summed E-state index contributed by atoms with van der Waals surface area (Å²) in [6, 6.07) is 1.56. The van der Waals surface area contributed by atoms with Crippen molar-refractivity contribution in [1.82, 2.24) is 5.32 Å². The summed E-state index contributed by atoms with van der Waals surface area (Å²) in [5, 5.41) is 24.8. The maximum atomic E-state index is 12.3. The number of phenols is 1. The van der Waals surface area contributed by atoms with E-state index < -0.39 is 34.6 Å². The summed E-state index contributed by atoms with van der Waals surface area (Å²) in [6.45, 7) is 10.3. The molecule has 2 aliphatic heterocycles. The van der Waals surface area contributed by atoms with Crippen molar-refractivity contribution >= 4 is 11.9 Å². The van der Waals surface area contributed by atoms with E-state index in [1.165, 1.54) is 6.92 Å². The number of rotatable bonds is 1. The number of esters is 1. The van der Waals surface area contributed by atoms with E-state index in [1.54, 1.807) is 6.07 Å². The Hall–Kier alpha value is -2.28. The Balaban J connectivity index is 1.64. The van der Waals surface area contributed by atoms with Gasteiger partial charge in [0.2, 0.25) is 0 Å². The largest absolute Gasteiger partial charge is 0.508 e. The van der Waals surface area contributed by atoms with Crippen LogP contribution < -0.4 is 10.1 Å². The van der Waals surface area contributed by atoms with Crippen LogP contribution >= 0.6 is 0 Å². The Morgan fingerprint density at radius 1 is 1.25 bits per heavy atom. The van der Waals surface area contributed by atoms with Crippen molar-refractivity contribution < 1.29 is 29.3 Å². The summed E-state index contributed by atoms with van der Waals surface area (Å²) in [7, 11) is 0. The lowest BCUT2D eigenvalue weighted by Gasteiger charge is -2.65. The molecule has 1 spiro atoms. The molecule has 5 rings (SSSR count). The second kappa shape index (κ2) is 6.62. The van der Waals surface area contributed by atoms with E-state index in [0.717, 1.165) is 24.0 Å². The van der Waals surface area contributed by atoms with E-state index in [2.05, 4.69) is 33.0 Å². The predicted molar refractivity (Wildman–Crippen MR) is 116 cm³/mol. The van der Waals surface area contributed by atoms with Crippen LogP contribution in [0.1, 0.15) is 75.4 Å². The molecule has 32 heavy (non-hydrogen) atoms. The Bertz CT molecular complexity index is 1020. The minimum atomic E-state index is -0.766. The number of phenolic OH excluding ortho intramolecular Hbond substituents is 1. The van der Waals surface area contributed by atoms with Crippen LogP contribution in [0.2, 0.25) is 0 Å². The standard InChI is InChI=1S/C25H33NO6/c1-12-6-7-19-23(3,4)21(29)18(31-13(2)27)10-24(19,5)25(12)9-15-17(28)8-14-16(20(15)32-25)11-26-22(14)30/h8,12,18-19,21,28-29H,6-7,9-11H2,1-5H3,(H,26,30)/t12-,18+,19+,21-,24+,25-/m1/s1. The van der Waals surface area contributed by atoms with Crippen LogP contribution in [0.4, 0.5) is 0 Å². The molecule has 0 radical (unpaired) electrons. The van der Waals surface area contributed by atoms with E-state index in [9.17, 15) is 19.8 Å². The van der Waals surface area contributed by atoms with Gasteiger partial charge in [-0.25, -0.2) is 0 Å². The van der Waals surface area contributed by atoms with Crippen LogP contribution in [0.5, 0.6) is 11.5 Å². The van der Waals surface area contributed by atoms with Gasteiger partial charge in [0.05, 0.1) is 11.7 Å². The minimum absolute atomic E-state index is 0.0947. The molecule has 3 N–H and O–H groups in total. The maximum absolute atomic E-state index is 12.3. The zero-order valence-electron chi connectivity index (χ0n) is 19.4. The van der Waals surface area contributed by atoms with E-state index in [1.807, 2.05) is 0 Å². The van der Waals surface area contributed by atoms with E-state index in [-0.39, 0.29) is 23.5 Å². The Morgan fingerprint density at radius 3 is 2.66 bits per heavy atom. The van der Waals surface area contributed by atoms with Gasteiger partial charge in [-0.3, -0.25) is 9.59 Å². The van der Waals surface area contributed by atoms with Gasteiger partial charge in [-0.15, -0.1) is 0 Å². The summed E-state index contributed by atoms with van der Waals surface area (Å²) < 4.78 is 12.5. The molecular formula is C25H33NO6. The van der Waals surface area contributed by atoms with Crippen LogP contribution in [0.3, 0.4) is 0 Å². The minimum Gasteiger partial charge on any atom is -0.508 e. The Labute approximate surface area is 188 Å². The molecule has 2 heterocycles. The fourth-order valence-electron chi connectivity index (χ4n) is 7.61. The van der Waals surface area contributed by atoms with Gasteiger partial charge in [-0.2, -0.15) is 0 Å². The number of fused-ring (bicyclic) bond motifs is 5. The molecule has 4 aliphatic rings. The maximum Gasteiger partial charge on any atom is 0.302 e. The lowest BCUT2D eigenvalue weighted by atomic mass is 9.43. The third-order valence-electron chi connectivity index (χ3n) is 9.23. The molecule has 7 nitrogen and oxygen atoms in total. The van der Waals surface area contributed by atoms with Crippen LogP contribution in [0.15, 0.2) is 6.07 Å². The second-order valence-electron chi connectivity index (χ2n) is 11.1. The summed E-state index contributed by atoms with van der Waals surface area (Å²) in [4.78, 5) is 24.1. The average Bonchev–Trinajstić information content (AvgIpc) is 3.27. The molecule has 174 valence electrons. The first-order valence-corrected chi connectivity index (χ1v) is 11.6. The van der Waals surface area contributed by atoms with Gasteiger partial charge < -0.3 is 25.0 Å². The van der Waals surface area contributed by atoms with Crippen molar-refractivity contribution in [3.63, 3.8) is 0 Å². The number of aliphatic hydroxyl groups is 1. The summed E-state index contributed by atoms with van der Waals surface area (Å²) in [5.74, 6) is 0.440. The molecule has 0 saturated heterocycles. The van der Waals surface area contributed by atoms with Gasteiger partial charge in [0, 0.05) is 36.4 Å². The number of aliphatic hydroxyl groups excluding tert-OH is 1. The number of carbonyl (C=O) groups is 2. The van der Waals surface area contributed by atoms with Crippen LogP contribution in [0.25, 0.3) is 0 Å². The fraction of sp³-hybridized carbons (Fsp3) is 0.680. The first kappa shape index (κ1) is 21.6. The topological polar surface area (TPSA) is 105 Å².